The zero-order valence-electron chi connectivity index (χ0n) is 22.8. The van der Waals surface area contributed by atoms with E-state index in [2.05, 4.69) is 30.5 Å². The molecule has 4 aromatic rings. The van der Waals surface area contributed by atoms with Gasteiger partial charge in [0.2, 0.25) is 11.8 Å². The zero-order valence-corrected chi connectivity index (χ0v) is 22.8. The standard InChI is InChI=1S/C30H32N8O3/c1-21(39)31-14-17-37(27-25-10-13-32-26(25)33-19-34-27)24-9-5-6-22(18-24)28(40)36-15-11-30(12-16-36)29(41)35-20-38(30)23-7-3-2-4-8-23/h2-10,13,18-19H,11-12,14-17,20H2,1H3,(H,31,39)(H,35,41)(H,32,33,34). The summed E-state index contributed by atoms with van der Waals surface area (Å²) in [6.45, 7) is 3.74. The Bertz CT molecular complexity index is 1580. The Balaban J connectivity index is 1.23. The van der Waals surface area contributed by atoms with Gasteiger partial charge in [0.05, 0.1) is 12.1 Å². The van der Waals surface area contributed by atoms with Crippen molar-refractivity contribution in [2.75, 3.05) is 42.6 Å². The van der Waals surface area contributed by atoms with Crippen LogP contribution in [0.1, 0.15) is 30.1 Å². The lowest BCUT2D eigenvalue weighted by atomic mass is 9.85. The molecular weight excluding hydrogens is 520 g/mol. The van der Waals surface area contributed by atoms with Crippen molar-refractivity contribution in [3.63, 3.8) is 0 Å². The van der Waals surface area contributed by atoms with E-state index >= 15 is 0 Å². The Morgan fingerprint density at radius 3 is 2.63 bits per heavy atom. The molecule has 11 nitrogen and oxygen atoms in total. The molecule has 0 unspecified atom stereocenters. The van der Waals surface area contributed by atoms with E-state index in [-0.39, 0.29) is 17.7 Å². The highest BCUT2D eigenvalue weighted by Gasteiger charge is 2.50. The van der Waals surface area contributed by atoms with Gasteiger partial charge < -0.3 is 30.3 Å². The lowest BCUT2D eigenvalue weighted by Crippen LogP contribution is -2.57. The molecule has 0 bridgehead atoms. The maximum absolute atomic E-state index is 13.7. The molecular formula is C30H32N8O3. The largest absolute Gasteiger partial charge is 0.355 e. The van der Waals surface area contributed by atoms with E-state index in [4.69, 9.17) is 0 Å². The maximum Gasteiger partial charge on any atom is 0.253 e. The Labute approximate surface area is 237 Å². The molecule has 2 saturated heterocycles. The number of nitrogens with one attached hydrogen (secondary N) is 3. The Morgan fingerprint density at radius 1 is 1.05 bits per heavy atom. The first kappa shape index (κ1) is 26.3. The van der Waals surface area contributed by atoms with E-state index in [1.807, 2.05) is 70.5 Å². The average molecular weight is 553 g/mol. The van der Waals surface area contributed by atoms with Crippen LogP contribution in [0.2, 0.25) is 0 Å². The molecule has 2 aliphatic rings. The third-order valence-corrected chi connectivity index (χ3v) is 7.99. The lowest BCUT2D eigenvalue weighted by molar-refractivity contribution is -0.125. The van der Waals surface area contributed by atoms with E-state index in [0.29, 0.717) is 62.7 Å². The number of rotatable bonds is 7. The molecule has 6 rings (SSSR count). The van der Waals surface area contributed by atoms with Crippen molar-refractivity contribution in [1.29, 1.82) is 0 Å². The molecule has 2 fully saturated rings. The number of H-pyrrole nitrogens is 1. The fourth-order valence-electron chi connectivity index (χ4n) is 5.88. The highest BCUT2D eigenvalue weighted by molar-refractivity contribution is 5.97. The number of nitrogens with zero attached hydrogens (tertiary/aromatic N) is 5. The molecule has 0 saturated carbocycles. The van der Waals surface area contributed by atoms with E-state index < -0.39 is 5.54 Å². The summed E-state index contributed by atoms with van der Waals surface area (Å²) in [7, 11) is 0. The van der Waals surface area contributed by atoms with Crippen molar-refractivity contribution in [3.05, 3.63) is 78.8 Å². The zero-order chi connectivity index (χ0) is 28.4. The molecule has 1 spiro atoms. The molecule has 2 aromatic heterocycles. The van der Waals surface area contributed by atoms with Gasteiger partial charge in [0, 0.05) is 56.2 Å². The molecule has 3 amide bonds. The van der Waals surface area contributed by atoms with Gasteiger partial charge >= 0.3 is 0 Å². The fourth-order valence-corrected chi connectivity index (χ4v) is 5.88. The van der Waals surface area contributed by atoms with E-state index in [1.165, 1.54) is 13.3 Å². The first-order chi connectivity index (χ1) is 20.0. The second-order valence-electron chi connectivity index (χ2n) is 10.4. The van der Waals surface area contributed by atoms with Gasteiger partial charge in [-0.1, -0.05) is 24.3 Å². The number of hydrogen-bond acceptors (Lipinski definition) is 7. The number of hydrogen-bond donors (Lipinski definition) is 3. The summed E-state index contributed by atoms with van der Waals surface area (Å²) in [5.74, 6) is 0.501. The van der Waals surface area contributed by atoms with Crippen LogP contribution in [0.15, 0.2) is 73.2 Å². The molecule has 0 atom stereocenters. The fraction of sp³-hybridized carbons (Fsp3) is 0.300. The minimum atomic E-state index is -0.657. The van der Waals surface area contributed by atoms with Gasteiger partial charge in [-0.15, -0.1) is 0 Å². The first-order valence-corrected chi connectivity index (χ1v) is 13.8. The number of anilines is 3. The Kier molecular flexibility index (Phi) is 7.00. The second kappa shape index (κ2) is 10.9. The molecule has 2 aliphatic heterocycles. The number of amides is 3. The summed E-state index contributed by atoms with van der Waals surface area (Å²) in [6, 6.07) is 19.3. The normalized spacial score (nSPS) is 16.2. The number of para-hydroxylation sites is 1. The lowest BCUT2D eigenvalue weighted by Gasteiger charge is -2.43. The van der Waals surface area contributed by atoms with Gasteiger partial charge in [-0.3, -0.25) is 14.4 Å². The highest BCUT2D eigenvalue weighted by atomic mass is 16.2. The van der Waals surface area contributed by atoms with E-state index in [9.17, 15) is 14.4 Å². The average Bonchev–Trinajstić information content (AvgIpc) is 3.61. The van der Waals surface area contributed by atoms with Gasteiger partial charge in [0.1, 0.15) is 23.3 Å². The molecule has 0 radical (unpaired) electrons. The van der Waals surface area contributed by atoms with Crippen molar-refractivity contribution in [1.82, 2.24) is 30.5 Å². The first-order valence-electron chi connectivity index (χ1n) is 13.8. The highest BCUT2D eigenvalue weighted by Crippen LogP contribution is 2.37. The third kappa shape index (κ3) is 4.94. The molecule has 4 heterocycles. The molecule has 3 N–H and O–H groups in total. The monoisotopic (exact) mass is 552 g/mol. The third-order valence-electron chi connectivity index (χ3n) is 7.99. The predicted molar refractivity (Wildman–Crippen MR) is 156 cm³/mol. The number of fused-ring (bicyclic) bond motifs is 1. The Hall–Kier alpha value is -4.93. The Morgan fingerprint density at radius 2 is 1.85 bits per heavy atom. The number of aromatic amines is 1. The topological polar surface area (TPSA) is 127 Å². The van der Waals surface area contributed by atoms with Crippen molar-refractivity contribution >= 4 is 45.9 Å². The van der Waals surface area contributed by atoms with Crippen LogP contribution in [-0.2, 0) is 9.59 Å². The van der Waals surface area contributed by atoms with Gasteiger partial charge in [0.15, 0.2) is 0 Å². The summed E-state index contributed by atoms with van der Waals surface area (Å²) in [5, 5.41) is 6.70. The van der Waals surface area contributed by atoms with Gasteiger partial charge in [0.25, 0.3) is 5.91 Å². The molecule has 11 heteroatoms. The SMILES string of the molecule is CC(=O)NCCN(c1cccc(C(=O)N2CCC3(CC2)C(=O)NCN3c2ccccc2)c1)c1ncnc2[nH]ccc12. The van der Waals surface area contributed by atoms with Crippen LogP contribution in [0, 0.1) is 0 Å². The van der Waals surface area contributed by atoms with Gasteiger partial charge in [-0.2, -0.15) is 0 Å². The number of likely N-dealkylation sites (tertiary alicyclic amines) is 1. The van der Waals surface area contributed by atoms with Crippen LogP contribution >= 0.6 is 0 Å². The summed E-state index contributed by atoms with van der Waals surface area (Å²) in [5.41, 5.74) is 2.38. The van der Waals surface area contributed by atoms with E-state index in [0.717, 1.165) is 16.8 Å². The summed E-state index contributed by atoms with van der Waals surface area (Å²) < 4.78 is 0. The predicted octanol–water partition coefficient (Wildman–Crippen LogP) is 2.80. The van der Waals surface area contributed by atoms with Crippen LogP contribution in [0.3, 0.4) is 0 Å². The maximum atomic E-state index is 13.7. The number of carbonyl (C=O) groups excluding carboxylic acids is 3. The van der Waals surface area contributed by atoms with Gasteiger partial charge in [-0.25, -0.2) is 9.97 Å². The van der Waals surface area contributed by atoms with Crippen molar-refractivity contribution in [2.45, 2.75) is 25.3 Å². The van der Waals surface area contributed by atoms with Crippen LogP contribution < -0.4 is 20.4 Å². The molecule has 2 aromatic carbocycles. The van der Waals surface area contributed by atoms with Crippen molar-refractivity contribution in [3.8, 4) is 0 Å². The number of benzene rings is 2. The molecule has 210 valence electrons. The summed E-state index contributed by atoms with van der Waals surface area (Å²) in [4.78, 5) is 56.2. The minimum absolute atomic E-state index is 0.0196. The van der Waals surface area contributed by atoms with E-state index in [1.54, 1.807) is 6.20 Å². The quantitative estimate of drug-likeness (QED) is 0.322. The smallest absolute Gasteiger partial charge is 0.253 e. The van der Waals surface area contributed by atoms with Crippen LogP contribution in [0.4, 0.5) is 17.2 Å². The second-order valence-corrected chi connectivity index (χ2v) is 10.4. The van der Waals surface area contributed by atoms with Crippen LogP contribution in [0.5, 0.6) is 0 Å². The summed E-state index contributed by atoms with van der Waals surface area (Å²) >= 11 is 0. The summed E-state index contributed by atoms with van der Waals surface area (Å²) in [6.07, 6.45) is 4.40. The molecule has 0 aliphatic carbocycles. The minimum Gasteiger partial charge on any atom is -0.355 e. The van der Waals surface area contributed by atoms with Crippen LogP contribution in [-0.4, -0.2) is 76.0 Å². The van der Waals surface area contributed by atoms with Crippen LogP contribution in [0.25, 0.3) is 11.0 Å². The number of aromatic nitrogens is 3. The van der Waals surface area contributed by atoms with Crippen molar-refractivity contribution in [2.24, 2.45) is 0 Å². The van der Waals surface area contributed by atoms with Crippen molar-refractivity contribution < 1.29 is 14.4 Å². The number of carbonyl (C=O) groups is 3. The number of piperidine rings is 1. The van der Waals surface area contributed by atoms with Gasteiger partial charge in [-0.05, 0) is 49.2 Å². The molecule has 41 heavy (non-hydrogen) atoms.